The van der Waals surface area contributed by atoms with Gasteiger partial charge in [-0.25, -0.2) is 4.99 Å². The summed E-state index contributed by atoms with van der Waals surface area (Å²) in [6.07, 6.45) is 0. The van der Waals surface area contributed by atoms with Crippen LogP contribution < -0.4 is 5.73 Å². The van der Waals surface area contributed by atoms with Crippen LogP contribution in [-0.2, 0) is 0 Å². The van der Waals surface area contributed by atoms with Crippen molar-refractivity contribution < 1.29 is 0 Å². The van der Waals surface area contributed by atoms with Crippen LogP contribution in [0.5, 0.6) is 0 Å². The van der Waals surface area contributed by atoms with Gasteiger partial charge in [0.25, 0.3) is 0 Å². The van der Waals surface area contributed by atoms with E-state index in [4.69, 9.17) is 28.0 Å². The molecule has 0 spiro atoms. The maximum absolute atomic E-state index is 8.89. The van der Waals surface area contributed by atoms with E-state index < -0.39 is 5.41 Å². The van der Waals surface area contributed by atoms with Gasteiger partial charge in [0.1, 0.15) is 11.3 Å². The molecular formula is C12H13ClN4. The molecule has 0 bridgehead atoms. The summed E-state index contributed by atoms with van der Waals surface area (Å²) < 4.78 is 0. The lowest BCUT2D eigenvalue weighted by Gasteiger charge is -2.14. The van der Waals surface area contributed by atoms with Crippen molar-refractivity contribution in [3.63, 3.8) is 0 Å². The molecule has 0 amide bonds. The van der Waals surface area contributed by atoms with Crippen molar-refractivity contribution in [2.45, 2.75) is 13.8 Å². The minimum absolute atomic E-state index is 0.0162. The summed E-state index contributed by atoms with van der Waals surface area (Å²) in [6.45, 7) is 3.31. The first-order chi connectivity index (χ1) is 7.86. The SMILES string of the molecule is CC(C)(C#N)C(N)=NC(=N)c1ccc(Cl)cc1. The molecule has 0 atom stereocenters. The number of benzene rings is 1. The van der Waals surface area contributed by atoms with Crippen molar-refractivity contribution in [2.24, 2.45) is 16.1 Å². The van der Waals surface area contributed by atoms with E-state index in [-0.39, 0.29) is 11.7 Å². The second-order valence-corrected chi connectivity index (χ2v) is 4.53. The Bertz CT molecular complexity index is 494. The zero-order chi connectivity index (χ0) is 13.1. The van der Waals surface area contributed by atoms with Gasteiger partial charge in [0.05, 0.1) is 6.07 Å². The molecule has 1 rings (SSSR count). The highest BCUT2D eigenvalue weighted by Crippen LogP contribution is 2.15. The third-order valence-electron chi connectivity index (χ3n) is 2.27. The van der Waals surface area contributed by atoms with E-state index in [1.54, 1.807) is 38.1 Å². The fourth-order valence-electron chi connectivity index (χ4n) is 0.990. The van der Waals surface area contributed by atoms with E-state index in [1.807, 2.05) is 6.07 Å². The fourth-order valence-corrected chi connectivity index (χ4v) is 1.12. The molecule has 5 heteroatoms. The van der Waals surface area contributed by atoms with Crippen molar-refractivity contribution >= 4 is 23.3 Å². The zero-order valence-corrected chi connectivity index (χ0v) is 10.4. The predicted molar refractivity (Wildman–Crippen MR) is 69.3 cm³/mol. The molecule has 0 saturated heterocycles. The van der Waals surface area contributed by atoms with E-state index in [0.29, 0.717) is 10.6 Å². The normalized spacial score (nSPS) is 12.0. The fraction of sp³-hybridized carbons (Fsp3) is 0.250. The maximum Gasteiger partial charge on any atom is 0.153 e. The number of aliphatic imine (C=N–C) groups is 1. The lowest BCUT2D eigenvalue weighted by atomic mass is 9.94. The van der Waals surface area contributed by atoms with Crippen LogP contribution in [-0.4, -0.2) is 11.7 Å². The third kappa shape index (κ3) is 3.30. The highest BCUT2D eigenvalue weighted by molar-refractivity contribution is 6.30. The molecule has 1 aromatic carbocycles. The van der Waals surface area contributed by atoms with E-state index in [2.05, 4.69) is 4.99 Å². The van der Waals surface area contributed by atoms with Crippen molar-refractivity contribution in [1.82, 2.24) is 0 Å². The van der Waals surface area contributed by atoms with Gasteiger partial charge < -0.3 is 5.73 Å². The largest absolute Gasteiger partial charge is 0.386 e. The first-order valence-corrected chi connectivity index (χ1v) is 5.35. The monoisotopic (exact) mass is 248 g/mol. The summed E-state index contributed by atoms with van der Waals surface area (Å²) in [7, 11) is 0. The lowest BCUT2D eigenvalue weighted by molar-refractivity contribution is 0.687. The molecule has 0 saturated carbocycles. The topological polar surface area (TPSA) is 86.0 Å². The van der Waals surface area contributed by atoms with Gasteiger partial charge in [-0.1, -0.05) is 11.6 Å². The number of nitriles is 1. The highest BCUT2D eigenvalue weighted by atomic mass is 35.5. The Kier molecular flexibility index (Phi) is 3.87. The number of rotatable bonds is 2. The van der Waals surface area contributed by atoms with Gasteiger partial charge in [0, 0.05) is 10.6 Å². The highest BCUT2D eigenvalue weighted by Gasteiger charge is 2.22. The van der Waals surface area contributed by atoms with Crippen LogP contribution in [0.2, 0.25) is 5.02 Å². The number of nitrogens with zero attached hydrogens (tertiary/aromatic N) is 2. The number of nitrogens with one attached hydrogen (secondary N) is 1. The van der Waals surface area contributed by atoms with E-state index in [1.165, 1.54) is 0 Å². The van der Waals surface area contributed by atoms with Gasteiger partial charge in [-0.05, 0) is 38.1 Å². The smallest absolute Gasteiger partial charge is 0.153 e. The summed E-state index contributed by atoms with van der Waals surface area (Å²) in [5.74, 6) is 0.141. The molecule has 4 nitrogen and oxygen atoms in total. The Hall–Kier alpha value is -1.86. The lowest BCUT2D eigenvalue weighted by Crippen LogP contribution is -2.31. The van der Waals surface area contributed by atoms with Crippen LogP contribution in [0, 0.1) is 22.2 Å². The minimum atomic E-state index is -0.876. The predicted octanol–water partition coefficient (Wildman–Crippen LogP) is 2.57. The second kappa shape index (κ2) is 4.98. The van der Waals surface area contributed by atoms with Gasteiger partial charge in [-0.2, -0.15) is 5.26 Å². The Morgan fingerprint density at radius 1 is 1.41 bits per heavy atom. The zero-order valence-electron chi connectivity index (χ0n) is 9.66. The van der Waals surface area contributed by atoms with Crippen LogP contribution in [0.15, 0.2) is 29.3 Å². The van der Waals surface area contributed by atoms with Crippen molar-refractivity contribution in [1.29, 1.82) is 10.7 Å². The molecule has 0 aliphatic carbocycles. The van der Waals surface area contributed by atoms with E-state index in [0.717, 1.165) is 0 Å². The number of nitrogens with two attached hydrogens (primary N) is 1. The maximum atomic E-state index is 8.89. The molecule has 88 valence electrons. The van der Waals surface area contributed by atoms with Crippen LogP contribution >= 0.6 is 11.6 Å². The van der Waals surface area contributed by atoms with Gasteiger partial charge in [0.2, 0.25) is 0 Å². The molecule has 0 unspecified atom stereocenters. The average Bonchev–Trinajstić information content (AvgIpc) is 2.29. The molecule has 0 radical (unpaired) electrons. The third-order valence-corrected chi connectivity index (χ3v) is 2.52. The van der Waals surface area contributed by atoms with Gasteiger partial charge in [-0.3, -0.25) is 5.41 Å². The molecular weight excluding hydrogens is 236 g/mol. The molecule has 1 aromatic rings. The molecule has 0 fully saturated rings. The van der Waals surface area contributed by atoms with Crippen molar-refractivity contribution in [2.75, 3.05) is 0 Å². The van der Waals surface area contributed by atoms with E-state index >= 15 is 0 Å². The van der Waals surface area contributed by atoms with Crippen LogP contribution in [0.3, 0.4) is 0 Å². The minimum Gasteiger partial charge on any atom is -0.386 e. The molecule has 0 aliphatic heterocycles. The Morgan fingerprint density at radius 2 is 1.94 bits per heavy atom. The van der Waals surface area contributed by atoms with Crippen molar-refractivity contribution in [3.05, 3.63) is 34.9 Å². The Balaban J connectivity index is 2.97. The summed E-state index contributed by atoms with van der Waals surface area (Å²) in [5.41, 5.74) is 5.42. The molecule has 17 heavy (non-hydrogen) atoms. The van der Waals surface area contributed by atoms with Crippen LogP contribution in [0.25, 0.3) is 0 Å². The Morgan fingerprint density at radius 3 is 2.41 bits per heavy atom. The number of hydrogen-bond acceptors (Lipinski definition) is 2. The average molecular weight is 249 g/mol. The van der Waals surface area contributed by atoms with Crippen LogP contribution in [0.1, 0.15) is 19.4 Å². The van der Waals surface area contributed by atoms with E-state index in [9.17, 15) is 0 Å². The van der Waals surface area contributed by atoms with Gasteiger partial charge in [-0.15, -0.1) is 0 Å². The molecule has 0 aliphatic rings. The second-order valence-electron chi connectivity index (χ2n) is 4.09. The summed E-state index contributed by atoms with van der Waals surface area (Å²) >= 11 is 5.74. The quantitative estimate of drug-likeness (QED) is 0.623. The first kappa shape index (κ1) is 13.2. The van der Waals surface area contributed by atoms with Gasteiger partial charge >= 0.3 is 0 Å². The summed E-state index contributed by atoms with van der Waals surface area (Å²) in [6, 6.07) is 8.74. The number of hydrogen-bond donors (Lipinski definition) is 2. The Labute approximate surface area is 105 Å². The molecule has 0 aromatic heterocycles. The number of halogens is 1. The number of amidine groups is 2. The summed E-state index contributed by atoms with van der Waals surface area (Å²) in [4.78, 5) is 3.93. The summed E-state index contributed by atoms with van der Waals surface area (Å²) in [5, 5.41) is 17.2. The molecule has 3 N–H and O–H groups in total. The first-order valence-electron chi connectivity index (χ1n) is 4.97. The molecule has 0 heterocycles. The van der Waals surface area contributed by atoms with Crippen LogP contribution in [0.4, 0.5) is 0 Å². The standard InChI is InChI=1S/C12H13ClN4/c1-12(2,7-14)11(16)17-10(15)8-3-5-9(13)6-4-8/h3-6H,1-2H3,(H3,15,16,17). The van der Waals surface area contributed by atoms with Crippen molar-refractivity contribution in [3.8, 4) is 6.07 Å². The van der Waals surface area contributed by atoms with Gasteiger partial charge in [0.15, 0.2) is 5.84 Å².